The summed E-state index contributed by atoms with van der Waals surface area (Å²) in [6.07, 6.45) is 0. The van der Waals surface area contributed by atoms with Crippen LogP contribution in [0, 0.1) is 10.7 Å². The molecule has 1 atom stereocenters. The molecule has 0 fully saturated rings. The molecule has 0 aliphatic rings. The fourth-order valence-electron chi connectivity index (χ4n) is 1.26. The highest BCUT2D eigenvalue weighted by atomic mass is 127. The molecule has 0 saturated carbocycles. The van der Waals surface area contributed by atoms with Crippen LogP contribution in [0.2, 0.25) is 0 Å². The molecule has 16 heavy (non-hydrogen) atoms. The lowest BCUT2D eigenvalue weighted by Gasteiger charge is -2.16. The zero-order valence-electron chi connectivity index (χ0n) is 8.01. The SMILES string of the molecule is NCC(N)c1c(I)cc(I)c(C(=O)O)c1I. The number of halogens is 3. The van der Waals surface area contributed by atoms with E-state index in [1.54, 1.807) is 0 Å². The topological polar surface area (TPSA) is 89.3 Å². The summed E-state index contributed by atoms with van der Waals surface area (Å²) in [5.74, 6) is -0.935. The quantitative estimate of drug-likeness (QED) is 0.497. The second kappa shape index (κ2) is 6.11. The van der Waals surface area contributed by atoms with Crippen LogP contribution < -0.4 is 11.5 Å². The van der Waals surface area contributed by atoms with Crippen molar-refractivity contribution in [1.29, 1.82) is 0 Å². The molecule has 0 bridgehead atoms. The molecular weight excluding hydrogens is 549 g/mol. The van der Waals surface area contributed by atoms with Crippen molar-refractivity contribution in [3.63, 3.8) is 0 Å². The van der Waals surface area contributed by atoms with Gasteiger partial charge in [0, 0.05) is 23.3 Å². The number of nitrogens with two attached hydrogens (primary N) is 2. The Kier molecular flexibility index (Phi) is 5.67. The fourth-order valence-corrected chi connectivity index (χ4v) is 5.89. The van der Waals surface area contributed by atoms with Crippen molar-refractivity contribution < 1.29 is 9.90 Å². The van der Waals surface area contributed by atoms with Gasteiger partial charge < -0.3 is 16.6 Å². The van der Waals surface area contributed by atoms with Crippen LogP contribution in [0.3, 0.4) is 0 Å². The molecule has 5 N–H and O–H groups in total. The minimum Gasteiger partial charge on any atom is -0.478 e. The molecule has 0 amide bonds. The van der Waals surface area contributed by atoms with Gasteiger partial charge in [0.2, 0.25) is 0 Å². The first-order chi connectivity index (χ1) is 7.40. The molecule has 1 rings (SSSR count). The average molecular weight is 558 g/mol. The van der Waals surface area contributed by atoms with Gasteiger partial charge in [-0.1, -0.05) is 0 Å². The van der Waals surface area contributed by atoms with Crippen molar-refractivity contribution in [2.75, 3.05) is 6.54 Å². The largest absolute Gasteiger partial charge is 0.478 e. The van der Waals surface area contributed by atoms with Crippen molar-refractivity contribution >= 4 is 73.7 Å². The van der Waals surface area contributed by atoms with Gasteiger partial charge in [-0.3, -0.25) is 0 Å². The standard InChI is InChI=1S/C9H9I3N2O2/c10-3-1-4(11)7(9(15)16)8(12)6(3)5(14)2-13/h1,5H,2,13-14H2,(H,15,16). The second-order valence-corrected chi connectivity index (χ2v) is 6.49. The van der Waals surface area contributed by atoms with E-state index in [-0.39, 0.29) is 6.04 Å². The number of benzene rings is 1. The maximum absolute atomic E-state index is 11.1. The third kappa shape index (κ3) is 2.97. The Labute approximate surface area is 134 Å². The van der Waals surface area contributed by atoms with E-state index < -0.39 is 5.97 Å². The molecule has 0 heterocycles. The first-order valence-corrected chi connectivity index (χ1v) is 7.50. The Hall–Kier alpha value is 0.800. The highest BCUT2D eigenvalue weighted by Gasteiger charge is 2.21. The normalized spacial score (nSPS) is 12.6. The first-order valence-electron chi connectivity index (χ1n) is 4.26. The predicted molar refractivity (Wildman–Crippen MR) is 87.5 cm³/mol. The molecule has 1 unspecified atom stereocenters. The van der Waals surface area contributed by atoms with Gasteiger partial charge in [0.15, 0.2) is 0 Å². The molecule has 88 valence electrons. The third-order valence-corrected chi connectivity index (χ3v) is 4.91. The van der Waals surface area contributed by atoms with Crippen LogP contribution in [0.15, 0.2) is 6.07 Å². The summed E-state index contributed by atoms with van der Waals surface area (Å²) in [6.45, 7) is 0.297. The number of hydrogen-bond donors (Lipinski definition) is 3. The van der Waals surface area contributed by atoms with Gasteiger partial charge >= 0.3 is 5.97 Å². The number of carboxylic acids is 1. The summed E-state index contributed by atoms with van der Waals surface area (Å²) in [4.78, 5) is 11.1. The van der Waals surface area contributed by atoms with E-state index in [9.17, 15) is 4.79 Å². The molecule has 1 aromatic rings. The van der Waals surface area contributed by atoms with Crippen LogP contribution in [-0.4, -0.2) is 17.6 Å². The Balaban J connectivity index is 3.51. The van der Waals surface area contributed by atoms with E-state index in [0.29, 0.717) is 19.2 Å². The molecule has 0 aliphatic carbocycles. The lowest BCUT2D eigenvalue weighted by molar-refractivity contribution is 0.0694. The van der Waals surface area contributed by atoms with E-state index >= 15 is 0 Å². The maximum Gasteiger partial charge on any atom is 0.337 e. The van der Waals surface area contributed by atoms with Crippen molar-refractivity contribution in [1.82, 2.24) is 0 Å². The lowest BCUT2D eigenvalue weighted by atomic mass is 10.0. The second-order valence-electron chi connectivity index (χ2n) is 3.09. The number of rotatable bonds is 3. The van der Waals surface area contributed by atoms with Crippen LogP contribution in [0.1, 0.15) is 22.0 Å². The first kappa shape index (κ1) is 14.9. The Morgan fingerprint density at radius 1 is 1.38 bits per heavy atom. The Bertz CT molecular complexity index is 437. The minimum absolute atomic E-state index is 0.297. The molecule has 1 aromatic carbocycles. The number of carboxylic acid groups (broad SMARTS) is 1. The van der Waals surface area contributed by atoms with Gasteiger partial charge in [-0.25, -0.2) is 4.79 Å². The van der Waals surface area contributed by atoms with Crippen molar-refractivity contribution in [2.24, 2.45) is 11.5 Å². The summed E-state index contributed by atoms with van der Waals surface area (Å²) >= 11 is 6.19. The molecule has 0 aromatic heterocycles. The molecule has 7 heteroatoms. The number of hydrogen-bond acceptors (Lipinski definition) is 3. The van der Waals surface area contributed by atoms with Gasteiger partial charge in [-0.15, -0.1) is 0 Å². The summed E-state index contributed by atoms with van der Waals surface area (Å²) in [7, 11) is 0. The Morgan fingerprint density at radius 3 is 2.38 bits per heavy atom. The minimum atomic E-state index is -0.935. The van der Waals surface area contributed by atoms with Crippen LogP contribution in [0.25, 0.3) is 0 Å². The van der Waals surface area contributed by atoms with Crippen LogP contribution >= 0.6 is 67.8 Å². The predicted octanol–water partition coefficient (Wildman–Crippen LogP) is 2.16. The van der Waals surface area contributed by atoms with Crippen molar-refractivity contribution in [3.05, 3.63) is 27.9 Å². The monoisotopic (exact) mass is 558 g/mol. The molecule has 0 radical (unpaired) electrons. The van der Waals surface area contributed by atoms with Crippen molar-refractivity contribution in [3.8, 4) is 0 Å². The zero-order valence-corrected chi connectivity index (χ0v) is 14.5. The summed E-state index contributed by atoms with van der Waals surface area (Å²) in [5.41, 5.74) is 12.5. The van der Waals surface area contributed by atoms with E-state index in [2.05, 4.69) is 22.6 Å². The average Bonchev–Trinajstić information content (AvgIpc) is 2.15. The van der Waals surface area contributed by atoms with Crippen LogP contribution in [-0.2, 0) is 0 Å². The fraction of sp³-hybridized carbons (Fsp3) is 0.222. The molecular formula is C9H9I3N2O2. The molecule has 0 spiro atoms. The van der Waals surface area contributed by atoms with Gasteiger partial charge in [-0.2, -0.15) is 0 Å². The van der Waals surface area contributed by atoms with Crippen LogP contribution in [0.4, 0.5) is 0 Å². The zero-order chi connectivity index (χ0) is 12.5. The van der Waals surface area contributed by atoms with E-state index in [0.717, 1.165) is 9.13 Å². The van der Waals surface area contributed by atoms with Gasteiger partial charge in [0.25, 0.3) is 0 Å². The summed E-state index contributed by atoms with van der Waals surface area (Å²) in [5, 5.41) is 9.13. The van der Waals surface area contributed by atoms with Crippen molar-refractivity contribution in [2.45, 2.75) is 6.04 Å². The highest BCUT2D eigenvalue weighted by molar-refractivity contribution is 14.1. The van der Waals surface area contributed by atoms with Crippen LogP contribution in [0.5, 0.6) is 0 Å². The number of carbonyl (C=O) groups is 1. The summed E-state index contributed by atoms with van der Waals surface area (Å²) < 4.78 is 2.35. The third-order valence-electron chi connectivity index (χ3n) is 2.04. The highest BCUT2D eigenvalue weighted by Crippen LogP contribution is 2.30. The Morgan fingerprint density at radius 2 is 1.94 bits per heavy atom. The molecule has 0 saturated heterocycles. The van der Waals surface area contributed by atoms with E-state index in [1.165, 1.54) is 0 Å². The van der Waals surface area contributed by atoms with E-state index in [1.807, 2.05) is 51.2 Å². The molecule has 4 nitrogen and oxygen atoms in total. The smallest absolute Gasteiger partial charge is 0.337 e. The maximum atomic E-state index is 11.1. The molecule has 0 aliphatic heterocycles. The van der Waals surface area contributed by atoms with E-state index in [4.69, 9.17) is 16.6 Å². The number of aromatic carboxylic acids is 1. The van der Waals surface area contributed by atoms with Gasteiger partial charge in [-0.05, 0) is 79.4 Å². The van der Waals surface area contributed by atoms with Gasteiger partial charge in [0.1, 0.15) is 0 Å². The summed E-state index contributed by atoms with van der Waals surface area (Å²) in [6, 6.07) is 1.49. The van der Waals surface area contributed by atoms with Gasteiger partial charge in [0.05, 0.1) is 5.56 Å². The lowest BCUT2D eigenvalue weighted by Crippen LogP contribution is -2.24.